The van der Waals surface area contributed by atoms with Crippen molar-refractivity contribution in [3.8, 4) is 11.5 Å². The quantitative estimate of drug-likeness (QED) is 0.730. The fraction of sp³-hybridized carbons (Fsp3) is 0.353. The zero-order chi connectivity index (χ0) is 19.4. The van der Waals surface area contributed by atoms with Gasteiger partial charge in [-0.3, -0.25) is 4.79 Å². The van der Waals surface area contributed by atoms with E-state index in [2.05, 4.69) is 10.6 Å². The standard InChI is InChI=1S/C17H19ClN2O6/c1-4-25-12-5-10(11(18)6-13(12)26-7-14(22)23)16-15(9(3)21)8(2)19-17(24)20-16/h5-6,16H,4,7H2,1-3H3,(H,22,23)(H2,19,20,24)/p-1/t16-/m0/s1. The first kappa shape index (κ1) is 19.6. The van der Waals surface area contributed by atoms with Crippen molar-refractivity contribution in [1.29, 1.82) is 0 Å². The molecule has 9 heteroatoms. The van der Waals surface area contributed by atoms with E-state index in [-0.39, 0.29) is 28.9 Å². The number of urea groups is 1. The Morgan fingerprint density at radius 2 is 1.92 bits per heavy atom. The number of carbonyl (C=O) groups excluding carboxylic acids is 3. The van der Waals surface area contributed by atoms with Crippen LogP contribution < -0.4 is 25.2 Å². The number of aliphatic carboxylic acids is 1. The molecule has 0 unspecified atom stereocenters. The van der Waals surface area contributed by atoms with Crippen molar-refractivity contribution in [2.75, 3.05) is 13.2 Å². The fourth-order valence-electron chi connectivity index (χ4n) is 2.68. The molecule has 1 aromatic carbocycles. The predicted molar refractivity (Wildman–Crippen MR) is 90.9 cm³/mol. The molecular weight excluding hydrogens is 364 g/mol. The number of halogens is 1. The number of allylic oxidation sites excluding steroid dienone is 1. The molecule has 2 N–H and O–H groups in total. The molecule has 0 fully saturated rings. The molecule has 0 bridgehead atoms. The number of carbonyl (C=O) groups is 3. The maximum atomic E-state index is 12.0. The van der Waals surface area contributed by atoms with E-state index in [9.17, 15) is 19.5 Å². The van der Waals surface area contributed by atoms with Gasteiger partial charge in [-0.2, -0.15) is 0 Å². The first-order valence-corrected chi connectivity index (χ1v) is 8.20. The Morgan fingerprint density at radius 3 is 2.50 bits per heavy atom. The highest BCUT2D eigenvalue weighted by Crippen LogP contribution is 2.39. The second-order valence-corrected chi connectivity index (χ2v) is 5.95. The summed E-state index contributed by atoms with van der Waals surface area (Å²) >= 11 is 6.31. The fourth-order valence-corrected chi connectivity index (χ4v) is 2.95. The van der Waals surface area contributed by atoms with Crippen LogP contribution in [0.1, 0.15) is 32.4 Å². The number of nitrogens with one attached hydrogen (secondary N) is 2. The van der Waals surface area contributed by atoms with E-state index in [0.717, 1.165) is 0 Å². The summed E-state index contributed by atoms with van der Waals surface area (Å²) in [4.78, 5) is 34.5. The van der Waals surface area contributed by atoms with Gasteiger partial charge in [0.1, 0.15) is 6.61 Å². The Balaban J connectivity index is 2.52. The van der Waals surface area contributed by atoms with Gasteiger partial charge < -0.3 is 30.0 Å². The lowest BCUT2D eigenvalue weighted by molar-refractivity contribution is -0.307. The Hall–Kier alpha value is -2.74. The van der Waals surface area contributed by atoms with Crippen molar-refractivity contribution in [3.63, 3.8) is 0 Å². The number of hydrogen-bond acceptors (Lipinski definition) is 6. The minimum atomic E-state index is -1.39. The monoisotopic (exact) mass is 381 g/mol. The molecule has 0 aliphatic carbocycles. The largest absolute Gasteiger partial charge is 0.546 e. The summed E-state index contributed by atoms with van der Waals surface area (Å²) in [7, 11) is 0. The summed E-state index contributed by atoms with van der Waals surface area (Å²) in [5.74, 6) is -1.27. The van der Waals surface area contributed by atoms with Gasteiger partial charge in [0.25, 0.3) is 0 Å². The van der Waals surface area contributed by atoms with Crippen LogP contribution in [-0.4, -0.2) is 31.0 Å². The SMILES string of the molecule is CCOc1cc([C@@H]2NC(=O)NC(C)=C2C(C)=O)c(Cl)cc1OCC(=O)[O-]. The molecule has 0 aromatic heterocycles. The Morgan fingerprint density at radius 1 is 1.27 bits per heavy atom. The molecule has 2 rings (SSSR count). The molecule has 1 heterocycles. The van der Waals surface area contributed by atoms with Crippen molar-refractivity contribution in [2.24, 2.45) is 0 Å². The topological polar surface area (TPSA) is 117 Å². The van der Waals surface area contributed by atoms with Crippen LogP contribution in [0.15, 0.2) is 23.4 Å². The highest BCUT2D eigenvalue weighted by Gasteiger charge is 2.31. The smallest absolute Gasteiger partial charge is 0.319 e. The highest BCUT2D eigenvalue weighted by atomic mass is 35.5. The summed E-state index contributed by atoms with van der Waals surface area (Å²) < 4.78 is 10.6. The predicted octanol–water partition coefficient (Wildman–Crippen LogP) is 1.08. The number of rotatable bonds is 7. The van der Waals surface area contributed by atoms with E-state index < -0.39 is 24.6 Å². The molecule has 1 aliphatic heterocycles. The number of carboxylic acid groups (broad SMARTS) is 1. The maximum absolute atomic E-state index is 12.0. The summed E-state index contributed by atoms with van der Waals surface area (Å²) in [6.45, 7) is 4.37. The van der Waals surface area contributed by atoms with Gasteiger partial charge in [0.15, 0.2) is 17.3 Å². The normalized spacial score (nSPS) is 16.6. The molecule has 0 saturated heterocycles. The molecule has 1 aliphatic rings. The molecule has 0 spiro atoms. The lowest BCUT2D eigenvalue weighted by atomic mass is 9.92. The van der Waals surface area contributed by atoms with Crippen LogP contribution in [0.4, 0.5) is 4.79 Å². The van der Waals surface area contributed by atoms with Crippen molar-refractivity contribution < 1.29 is 29.0 Å². The third-order valence-electron chi connectivity index (χ3n) is 3.67. The minimum absolute atomic E-state index is 0.120. The molecule has 1 atom stereocenters. The number of ketones is 1. The summed E-state index contributed by atoms with van der Waals surface area (Å²) in [5, 5.41) is 16.0. The molecular formula is C17H18ClN2O6-. The van der Waals surface area contributed by atoms with Gasteiger partial charge in [-0.05, 0) is 26.8 Å². The van der Waals surface area contributed by atoms with Gasteiger partial charge in [0, 0.05) is 22.9 Å². The highest BCUT2D eigenvalue weighted by molar-refractivity contribution is 6.31. The second kappa shape index (κ2) is 8.09. The van der Waals surface area contributed by atoms with Gasteiger partial charge in [-0.1, -0.05) is 11.6 Å². The van der Waals surface area contributed by atoms with Gasteiger partial charge >= 0.3 is 6.03 Å². The van der Waals surface area contributed by atoms with E-state index >= 15 is 0 Å². The summed E-state index contributed by atoms with van der Waals surface area (Å²) in [6, 6.07) is 1.65. The third-order valence-corrected chi connectivity index (χ3v) is 4.00. The van der Waals surface area contributed by atoms with Crippen LogP contribution >= 0.6 is 11.6 Å². The van der Waals surface area contributed by atoms with Crippen molar-refractivity contribution in [2.45, 2.75) is 26.8 Å². The molecule has 26 heavy (non-hydrogen) atoms. The first-order valence-electron chi connectivity index (χ1n) is 7.82. The van der Waals surface area contributed by atoms with Crippen LogP contribution in [-0.2, 0) is 9.59 Å². The lowest BCUT2D eigenvalue weighted by Gasteiger charge is -2.29. The molecule has 2 amide bonds. The van der Waals surface area contributed by atoms with E-state index in [0.29, 0.717) is 16.8 Å². The van der Waals surface area contributed by atoms with Crippen LogP contribution in [0.2, 0.25) is 5.02 Å². The number of carboxylic acids is 1. The van der Waals surface area contributed by atoms with E-state index in [4.69, 9.17) is 21.1 Å². The second-order valence-electron chi connectivity index (χ2n) is 5.54. The Bertz CT molecular complexity index is 790. The summed E-state index contributed by atoms with van der Waals surface area (Å²) in [5.41, 5.74) is 1.21. The maximum Gasteiger partial charge on any atom is 0.319 e. The number of amides is 2. The zero-order valence-electron chi connectivity index (χ0n) is 14.5. The average Bonchev–Trinajstić information content (AvgIpc) is 2.53. The lowest BCUT2D eigenvalue weighted by Crippen LogP contribution is -2.44. The zero-order valence-corrected chi connectivity index (χ0v) is 15.2. The van der Waals surface area contributed by atoms with Crippen LogP contribution in [0.3, 0.4) is 0 Å². The number of Topliss-reactive ketones (excluding diaryl/α,β-unsaturated/α-hetero) is 1. The molecule has 0 saturated carbocycles. The van der Waals surface area contributed by atoms with Gasteiger partial charge in [0.05, 0.1) is 23.6 Å². The Labute approximate surface area is 155 Å². The average molecular weight is 382 g/mol. The van der Waals surface area contributed by atoms with Gasteiger partial charge in [-0.15, -0.1) is 0 Å². The number of ether oxygens (including phenoxy) is 2. The van der Waals surface area contributed by atoms with Crippen molar-refractivity contribution >= 4 is 29.4 Å². The van der Waals surface area contributed by atoms with Gasteiger partial charge in [0.2, 0.25) is 0 Å². The number of benzene rings is 1. The van der Waals surface area contributed by atoms with E-state index in [1.165, 1.54) is 19.1 Å². The van der Waals surface area contributed by atoms with Crippen LogP contribution in [0, 0.1) is 0 Å². The summed E-state index contributed by atoms with van der Waals surface area (Å²) in [6.07, 6.45) is 0. The molecule has 0 radical (unpaired) electrons. The number of hydrogen-bond donors (Lipinski definition) is 2. The first-order chi connectivity index (χ1) is 12.2. The van der Waals surface area contributed by atoms with Crippen molar-refractivity contribution in [1.82, 2.24) is 10.6 Å². The van der Waals surface area contributed by atoms with Crippen molar-refractivity contribution in [3.05, 3.63) is 34.0 Å². The van der Waals surface area contributed by atoms with Crippen LogP contribution in [0.25, 0.3) is 0 Å². The minimum Gasteiger partial charge on any atom is -0.546 e. The van der Waals surface area contributed by atoms with E-state index in [1.54, 1.807) is 13.8 Å². The van der Waals surface area contributed by atoms with Crippen LogP contribution in [0.5, 0.6) is 11.5 Å². The Kier molecular flexibility index (Phi) is 6.10. The third kappa shape index (κ3) is 4.26. The van der Waals surface area contributed by atoms with Gasteiger partial charge in [-0.25, -0.2) is 4.79 Å². The molecule has 1 aromatic rings. The molecule has 140 valence electrons. The van der Waals surface area contributed by atoms with E-state index in [1.807, 2.05) is 0 Å². The molecule has 8 nitrogen and oxygen atoms in total.